The number of urea groups is 1. The largest absolute Gasteiger partial charge is 0.493 e. The second-order valence-corrected chi connectivity index (χ2v) is 6.03. The summed E-state index contributed by atoms with van der Waals surface area (Å²) in [4.78, 5) is 11.9. The Kier molecular flexibility index (Phi) is 7.18. The molecule has 6 heteroatoms. The lowest BCUT2D eigenvalue weighted by Crippen LogP contribution is -2.46. The van der Waals surface area contributed by atoms with Gasteiger partial charge in [0.15, 0.2) is 11.5 Å². The Labute approximate surface area is 143 Å². The molecule has 2 amide bonds. The maximum absolute atomic E-state index is 11.9. The summed E-state index contributed by atoms with van der Waals surface area (Å²) in [5.74, 6) is 1.45. The van der Waals surface area contributed by atoms with E-state index in [9.17, 15) is 4.79 Å². The topological polar surface area (TPSA) is 68.8 Å². The van der Waals surface area contributed by atoms with Crippen molar-refractivity contribution in [2.75, 3.05) is 27.4 Å². The molecule has 24 heavy (non-hydrogen) atoms. The maximum Gasteiger partial charge on any atom is 0.315 e. The van der Waals surface area contributed by atoms with Gasteiger partial charge < -0.3 is 24.8 Å². The zero-order valence-electron chi connectivity index (χ0n) is 14.8. The number of hydrogen-bond acceptors (Lipinski definition) is 4. The van der Waals surface area contributed by atoms with Crippen LogP contribution in [-0.4, -0.2) is 45.5 Å². The number of carbonyl (C=O) groups is 1. The van der Waals surface area contributed by atoms with Crippen LogP contribution in [0.1, 0.15) is 31.7 Å². The molecule has 0 unspecified atom stereocenters. The van der Waals surface area contributed by atoms with E-state index in [0.717, 1.165) is 49.4 Å². The van der Waals surface area contributed by atoms with Crippen molar-refractivity contribution >= 4 is 6.03 Å². The third-order valence-electron chi connectivity index (χ3n) is 4.26. The van der Waals surface area contributed by atoms with Crippen LogP contribution in [0.15, 0.2) is 18.2 Å². The predicted octanol–water partition coefficient (Wildman–Crippen LogP) is 2.50. The fourth-order valence-corrected chi connectivity index (χ4v) is 2.88. The molecule has 2 N–H and O–H groups in total. The molecule has 0 saturated carbocycles. The van der Waals surface area contributed by atoms with Gasteiger partial charge in [0, 0.05) is 13.2 Å². The van der Waals surface area contributed by atoms with Crippen LogP contribution in [0.4, 0.5) is 4.79 Å². The van der Waals surface area contributed by atoms with Gasteiger partial charge in [0.05, 0.1) is 26.4 Å². The van der Waals surface area contributed by atoms with Crippen molar-refractivity contribution in [2.24, 2.45) is 0 Å². The number of rotatable bonds is 8. The summed E-state index contributed by atoms with van der Waals surface area (Å²) in [7, 11) is 3.25. The minimum Gasteiger partial charge on any atom is -0.493 e. The van der Waals surface area contributed by atoms with Gasteiger partial charge in [0.25, 0.3) is 0 Å². The van der Waals surface area contributed by atoms with Crippen LogP contribution in [0, 0.1) is 0 Å². The van der Waals surface area contributed by atoms with E-state index in [4.69, 9.17) is 14.2 Å². The first-order valence-electron chi connectivity index (χ1n) is 8.51. The summed E-state index contributed by atoms with van der Waals surface area (Å²) < 4.78 is 16.1. The van der Waals surface area contributed by atoms with E-state index in [1.165, 1.54) is 0 Å². The summed E-state index contributed by atoms with van der Waals surface area (Å²) in [6.45, 7) is 3.40. The number of amides is 2. The Hall–Kier alpha value is -1.95. The van der Waals surface area contributed by atoms with E-state index >= 15 is 0 Å². The lowest BCUT2D eigenvalue weighted by atomic mass is 10.1. The first kappa shape index (κ1) is 18.4. The number of ether oxygens (including phenoxy) is 3. The monoisotopic (exact) mass is 336 g/mol. The van der Waals surface area contributed by atoms with Crippen LogP contribution in [0.5, 0.6) is 11.5 Å². The molecule has 0 aromatic heterocycles. The standard InChI is InChI=1S/C18H28N2O4/c1-13(15-7-5-11-24-15)20-18(21)19-10-4-6-14-8-9-16(22-2)17(12-14)23-3/h8-9,12-13,15H,4-7,10-11H2,1-3H3,(H2,19,20,21)/t13-,15+/m1/s1. The summed E-state index contributed by atoms with van der Waals surface area (Å²) in [6.07, 6.45) is 3.95. The molecule has 1 aromatic rings. The molecular formula is C18H28N2O4. The average Bonchev–Trinajstić information content (AvgIpc) is 3.13. The third-order valence-corrected chi connectivity index (χ3v) is 4.26. The zero-order chi connectivity index (χ0) is 17.4. The van der Waals surface area contributed by atoms with Crippen LogP contribution >= 0.6 is 0 Å². The van der Waals surface area contributed by atoms with Crippen LogP contribution in [0.25, 0.3) is 0 Å². The van der Waals surface area contributed by atoms with Crippen LogP contribution in [-0.2, 0) is 11.2 Å². The molecule has 0 radical (unpaired) electrons. The van der Waals surface area contributed by atoms with Gasteiger partial charge in [0.1, 0.15) is 0 Å². The van der Waals surface area contributed by atoms with E-state index < -0.39 is 0 Å². The minimum atomic E-state index is -0.134. The smallest absolute Gasteiger partial charge is 0.315 e. The van der Waals surface area contributed by atoms with E-state index in [2.05, 4.69) is 10.6 Å². The van der Waals surface area contributed by atoms with Crippen LogP contribution in [0.2, 0.25) is 0 Å². The number of methoxy groups -OCH3 is 2. The predicted molar refractivity (Wildman–Crippen MR) is 92.8 cm³/mol. The molecule has 0 bridgehead atoms. The van der Waals surface area contributed by atoms with E-state index in [0.29, 0.717) is 6.54 Å². The third kappa shape index (κ3) is 5.30. The van der Waals surface area contributed by atoms with Gasteiger partial charge in [-0.3, -0.25) is 0 Å². The highest BCUT2D eigenvalue weighted by molar-refractivity contribution is 5.74. The van der Waals surface area contributed by atoms with Gasteiger partial charge in [-0.25, -0.2) is 4.79 Å². The van der Waals surface area contributed by atoms with E-state index in [1.54, 1.807) is 14.2 Å². The SMILES string of the molecule is COc1ccc(CCCNC(=O)N[C@H](C)[C@@H]2CCCO2)cc1OC. The van der Waals surface area contributed by atoms with Crippen molar-refractivity contribution < 1.29 is 19.0 Å². The van der Waals surface area contributed by atoms with Gasteiger partial charge in [-0.15, -0.1) is 0 Å². The van der Waals surface area contributed by atoms with Gasteiger partial charge >= 0.3 is 6.03 Å². The summed E-state index contributed by atoms with van der Waals surface area (Å²) >= 11 is 0. The number of benzene rings is 1. The lowest BCUT2D eigenvalue weighted by molar-refractivity contribution is 0.0860. The second-order valence-electron chi connectivity index (χ2n) is 6.03. The number of nitrogens with one attached hydrogen (secondary N) is 2. The molecule has 1 saturated heterocycles. The van der Waals surface area contributed by atoms with Crippen LogP contribution in [0.3, 0.4) is 0 Å². The van der Waals surface area contributed by atoms with Gasteiger partial charge in [-0.1, -0.05) is 6.07 Å². The fourth-order valence-electron chi connectivity index (χ4n) is 2.88. The average molecular weight is 336 g/mol. The second kappa shape index (κ2) is 9.37. The Bertz CT molecular complexity index is 530. The Morgan fingerprint density at radius 3 is 2.79 bits per heavy atom. The number of carbonyl (C=O) groups excluding carboxylic acids is 1. The first-order valence-corrected chi connectivity index (χ1v) is 8.51. The Morgan fingerprint density at radius 2 is 2.12 bits per heavy atom. The molecule has 1 fully saturated rings. The lowest BCUT2D eigenvalue weighted by Gasteiger charge is -2.20. The molecule has 134 valence electrons. The van der Waals surface area contributed by atoms with Crippen molar-refractivity contribution in [1.29, 1.82) is 0 Å². The molecule has 1 heterocycles. The van der Waals surface area contributed by atoms with Gasteiger partial charge in [-0.05, 0) is 50.3 Å². The van der Waals surface area contributed by atoms with Crippen LogP contribution < -0.4 is 20.1 Å². The summed E-state index contributed by atoms with van der Waals surface area (Å²) in [6, 6.07) is 5.79. The quantitative estimate of drug-likeness (QED) is 0.716. The summed E-state index contributed by atoms with van der Waals surface area (Å²) in [5, 5.41) is 5.84. The fraction of sp³-hybridized carbons (Fsp3) is 0.611. The molecule has 1 aliphatic rings. The highest BCUT2D eigenvalue weighted by atomic mass is 16.5. The van der Waals surface area contributed by atoms with Crippen molar-refractivity contribution in [3.63, 3.8) is 0 Å². The molecule has 6 nitrogen and oxygen atoms in total. The Morgan fingerprint density at radius 1 is 1.33 bits per heavy atom. The van der Waals surface area contributed by atoms with Crippen molar-refractivity contribution in [1.82, 2.24) is 10.6 Å². The first-order chi connectivity index (χ1) is 11.6. The maximum atomic E-state index is 11.9. The van der Waals surface area contributed by atoms with Gasteiger partial charge in [-0.2, -0.15) is 0 Å². The van der Waals surface area contributed by atoms with E-state index in [1.807, 2.05) is 25.1 Å². The molecule has 2 rings (SSSR count). The highest BCUT2D eigenvalue weighted by Gasteiger charge is 2.23. The molecule has 2 atom stereocenters. The van der Waals surface area contributed by atoms with E-state index in [-0.39, 0.29) is 18.2 Å². The van der Waals surface area contributed by atoms with Gasteiger partial charge in [0.2, 0.25) is 0 Å². The molecule has 0 aliphatic carbocycles. The normalized spacial score (nSPS) is 18.0. The molecule has 0 spiro atoms. The molecular weight excluding hydrogens is 308 g/mol. The molecule has 1 aromatic carbocycles. The summed E-state index contributed by atoms with van der Waals surface area (Å²) in [5.41, 5.74) is 1.16. The van der Waals surface area contributed by atoms with Crippen molar-refractivity contribution in [3.05, 3.63) is 23.8 Å². The minimum absolute atomic E-state index is 0.0401. The number of aryl methyl sites for hydroxylation is 1. The Balaban J connectivity index is 1.67. The highest BCUT2D eigenvalue weighted by Crippen LogP contribution is 2.27. The zero-order valence-corrected chi connectivity index (χ0v) is 14.8. The molecule has 1 aliphatic heterocycles. The number of hydrogen-bond donors (Lipinski definition) is 2. The van der Waals surface area contributed by atoms with Crippen molar-refractivity contribution in [3.8, 4) is 11.5 Å². The van der Waals surface area contributed by atoms with Crippen molar-refractivity contribution in [2.45, 2.75) is 44.8 Å².